The number of ether oxygens (including phenoxy) is 2. The van der Waals surface area contributed by atoms with Crippen LogP contribution in [0, 0.1) is 0 Å². The molecule has 0 aromatic rings. The maximum absolute atomic E-state index is 11.2. The molecule has 8 nitrogen and oxygen atoms in total. The highest BCUT2D eigenvalue weighted by atomic mass is 16.6. The topological polar surface area (TPSA) is 125 Å². The Morgan fingerprint density at radius 3 is 2.23 bits per heavy atom. The Morgan fingerprint density at radius 1 is 1.14 bits per heavy atom. The summed E-state index contributed by atoms with van der Waals surface area (Å²) in [5.74, 6) is -0.173. The van der Waals surface area contributed by atoms with Crippen molar-refractivity contribution < 1.29 is 34.4 Å². The number of carbonyl (C=O) groups is 2. The Morgan fingerprint density at radius 2 is 1.73 bits per heavy atom. The molecule has 22 heavy (non-hydrogen) atoms. The average molecular weight is 323 g/mol. The zero-order valence-electron chi connectivity index (χ0n) is 13.4. The van der Waals surface area contributed by atoms with E-state index < -0.39 is 12.4 Å². The van der Waals surface area contributed by atoms with Crippen molar-refractivity contribution >= 4 is 12.1 Å². The molecular formula is C14H29NO7. The molecule has 0 saturated carbocycles. The first-order chi connectivity index (χ1) is 10.4. The van der Waals surface area contributed by atoms with Crippen LogP contribution in [0.1, 0.15) is 45.4 Å². The molecular weight excluding hydrogens is 294 g/mol. The molecule has 0 radical (unpaired) electrons. The smallest absolute Gasteiger partial charge is 0.464 e. The van der Waals surface area contributed by atoms with Crippen LogP contribution in [0.25, 0.3) is 0 Å². The Bertz CT molecular complexity index is 272. The fourth-order valence-corrected chi connectivity index (χ4v) is 1.41. The van der Waals surface area contributed by atoms with E-state index in [1.807, 2.05) is 0 Å². The number of unbranched alkanes of at least 4 members (excludes halogenated alkanes) is 4. The molecule has 0 rings (SSSR count). The van der Waals surface area contributed by atoms with Gasteiger partial charge in [0.25, 0.3) is 0 Å². The second-order valence-corrected chi connectivity index (χ2v) is 4.54. The molecule has 0 saturated heterocycles. The lowest BCUT2D eigenvalue weighted by molar-refractivity contribution is -0.143. The number of hydrogen-bond acceptors (Lipinski definition) is 7. The molecule has 8 heteroatoms. The van der Waals surface area contributed by atoms with Crippen LogP contribution in [0.4, 0.5) is 4.79 Å². The third kappa shape index (κ3) is 23.7. The number of esters is 1. The van der Waals surface area contributed by atoms with Crippen LogP contribution in [0.3, 0.4) is 0 Å². The van der Waals surface area contributed by atoms with Gasteiger partial charge in [0, 0.05) is 19.5 Å². The van der Waals surface area contributed by atoms with Crippen molar-refractivity contribution in [1.29, 1.82) is 0 Å². The fraction of sp³-hybridized carbons (Fsp3) is 0.857. The minimum absolute atomic E-state index is 0.0918. The Labute approximate surface area is 131 Å². The molecule has 0 bridgehead atoms. The summed E-state index contributed by atoms with van der Waals surface area (Å²) in [6, 6.07) is 0. The highest BCUT2D eigenvalue weighted by molar-refractivity contribution is 5.69. The molecule has 0 spiro atoms. The van der Waals surface area contributed by atoms with Crippen molar-refractivity contribution in [2.45, 2.75) is 51.7 Å². The zero-order valence-corrected chi connectivity index (χ0v) is 13.4. The minimum Gasteiger partial charge on any atom is -0.464 e. The van der Waals surface area contributed by atoms with Crippen molar-refractivity contribution in [1.82, 2.24) is 5.32 Å². The van der Waals surface area contributed by atoms with Gasteiger partial charge in [-0.1, -0.05) is 32.6 Å². The van der Waals surface area contributed by atoms with E-state index >= 15 is 0 Å². The number of aliphatic hydroxyl groups is 2. The molecule has 4 N–H and O–H groups in total. The highest BCUT2D eigenvalue weighted by Crippen LogP contribution is 2.05. The van der Waals surface area contributed by atoms with Crippen LogP contribution in [0.5, 0.6) is 0 Å². The summed E-state index contributed by atoms with van der Waals surface area (Å²) < 4.78 is 8.63. The van der Waals surface area contributed by atoms with Gasteiger partial charge in [-0.05, 0) is 6.42 Å². The van der Waals surface area contributed by atoms with E-state index in [1.54, 1.807) is 0 Å². The summed E-state index contributed by atoms with van der Waals surface area (Å²) in [6.07, 6.45) is 3.45. The van der Waals surface area contributed by atoms with Gasteiger partial charge in [-0.25, -0.2) is 4.79 Å². The second-order valence-electron chi connectivity index (χ2n) is 4.54. The normalized spacial score (nSPS) is 9.86. The molecule has 0 heterocycles. The van der Waals surface area contributed by atoms with E-state index in [2.05, 4.69) is 17.0 Å². The summed E-state index contributed by atoms with van der Waals surface area (Å²) >= 11 is 0. The number of aliphatic hydroxyl groups excluding tert-OH is 1. The number of carboxylic acid groups (broad SMARTS) is 1. The number of hydrogen-bond donors (Lipinski definition) is 4. The largest absolute Gasteiger partial charge is 0.505 e. The number of nitrogens with one attached hydrogen (secondary N) is 1. The van der Waals surface area contributed by atoms with E-state index in [-0.39, 0.29) is 19.1 Å². The molecule has 0 aromatic heterocycles. The molecule has 0 aliphatic carbocycles. The van der Waals surface area contributed by atoms with Crippen molar-refractivity contribution in [3.05, 3.63) is 0 Å². The van der Waals surface area contributed by atoms with Crippen molar-refractivity contribution in [3.63, 3.8) is 0 Å². The van der Waals surface area contributed by atoms with E-state index in [0.717, 1.165) is 20.0 Å². The molecule has 132 valence electrons. The Balaban J connectivity index is 0. The van der Waals surface area contributed by atoms with Crippen LogP contribution in [0.15, 0.2) is 0 Å². The van der Waals surface area contributed by atoms with Crippen LogP contribution < -0.4 is 5.32 Å². The molecule has 0 atom stereocenters. The minimum atomic E-state index is -1.36. The van der Waals surface area contributed by atoms with Crippen LogP contribution >= 0.6 is 0 Å². The molecule has 0 aliphatic rings. The van der Waals surface area contributed by atoms with Gasteiger partial charge in [0.15, 0.2) is 6.29 Å². The number of carbonyl (C=O) groups excluding carboxylic acids is 1. The summed E-state index contributed by atoms with van der Waals surface area (Å²) in [7, 11) is 1.10. The maximum Gasteiger partial charge on any atom is 0.505 e. The van der Waals surface area contributed by atoms with Gasteiger partial charge < -0.3 is 30.1 Å². The van der Waals surface area contributed by atoms with E-state index in [0.29, 0.717) is 13.0 Å². The molecule has 0 fully saturated rings. The first kappa shape index (κ1) is 22.9. The predicted octanol–water partition coefficient (Wildman–Crippen LogP) is 1.10. The Hall–Kier alpha value is -1.38. The molecule has 0 unspecified atom stereocenters. The zero-order chi connectivity index (χ0) is 17.2. The fourth-order valence-electron chi connectivity index (χ4n) is 1.41. The first-order valence-corrected chi connectivity index (χ1v) is 7.43. The van der Waals surface area contributed by atoms with Crippen molar-refractivity contribution in [2.24, 2.45) is 0 Å². The predicted molar refractivity (Wildman–Crippen MR) is 80.5 cm³/mol. The van der Waals surface area contributed by atoms with E-state index in [4.69, 9.17) is 24.9 Å². The lowest BCUT2D eigenvalue weighted by Gasteiger charge is -2.07. The van der Waals surface area contributed by atoms with Crippen LogP contribution in [0.2, 0.25) is 0 Å². The average Bonchev–Trinajstić information content (AvgIpc) is 2.47. The van der Waals surface area contributed by atoms with Gasteiger partial charge in [-0.2, -0.15) is 0 Å². The lowest BCUT2D eigenvalue weighted by atomic mass is 10.1. The van der Waals surface area contributed by atoms with E-state index in [1.165, 1.54) is 19.3 Å². The number of methoxy groups -OCH3 is 1. The van der Waals surface area contributed by atoms with Crippen LogP contribution in [-0.2, 0) is 14.3 Å². The highest BCUT2D eigenvalue weighted by Gasteiger charge is 2.02. The lowest BCUT2D eigenvalue weighted by Crippen LogP contribution is -2.29. The monoisotopic (exact) mass is 323 g/mol. The molecule has 0 aliphatic heterocycles. The van der Waals surface area contributed by atoms with Gasteiger partial charge in [0.05, 0.1) is 7.11 Å². The summed E-state index contributed by atoms with van der Waals surface area (Å²) in [5, 5.41) is 27.3. The van der Waals surface area contributed by atoms with Gasteiger partial charge in [-0.15, -0.1) is 0 Å². The van der Waals surface area contributed by atoms with Gasteiger partial charge >= 0.3 is 12.1 Å². The van der Waals surface area contributed by atoms with Crippen molar-refractivity contribution in [2.75, 3.05) is 26.8 Å². The quantitative estimate of drug-likeness (QED) is 0.253. The third-order valence-electron chi connectivity index (χ3n) is 2.53. The van der Waals surface area contributed by atoms with Crippen molar-refractivity contribution in [3.8, 4) is 0 Å². The third-order valence-corrected chi connectivity index (χ3v) is 2.53. The van der Waals surface area contributed by atoms with Gasteiger partial charge in [0.1, 0.15) is 6.61 Å². The van der Waals surface area contributed by atoms with Gasteiger partial charge in [0.2, 0.25) is 0 Å². The summed E-state index contributed by atoms with van der Waals surface area (Å²) in [4.78, 5) is 20.4. The Kier molecular flexibility index (Phi) is 18.4. The summed E-state index contributed by atoms with van der Waals surface area (Å²) in [6.45, 7) is 2.97. The maximum atomic E-state index is 11.2. The number of rotatable bonds is 11. The van der Waals surface area contributed by atoms with Crippen LogP contribution in [-0.4, -0.2) is 60.5 Å². The molecule has 0 amide bonds. The second kappa shape index (κ2) is 17.7. The summed E-state index contributed by atoms with van der Waals surface area (Å²) in [5.41, 5.74) is 0. The van der Waals surface area contributed by atoms with Gasteiger partial charge in [-0.3, -0.25) is 4.79 Å². The standard InChI is InChI=1S/C12H25NO4.C2H4O3/c1-2-3-4-5-6-7-12(16)17-9-8-13-10-11(14)15;1-5-2(3)4/h11,13-15H,2-10H2,1H3;1H3,(H,3,4). The molecule has 0 aromatic carbocycles. The first-order valence-electron chi connectivity index (χ1n) is 7.43. The van der Waals surface area contributed by atoms with E-state index in [9.17, 15) is 4.79 Å². The SMILES string of the molecule is CCCCCCCC(=O)OCCNCC(O)O.COC(=O)O.